The number of nitrogens with two attached hydrogens (primary N) is 1. The number of rotatable bonds is 5. The van der Waals surface area contributed by atoms with Crippen molar-refractivity contribution in [1.82, 2.24) is 20.3 Å². The van der Waals surface area contributed by atoms with Crippen molar-refractivity contribution < 1.29 is 22.7 Å². The fourth-order valence-electron chi connectivity index (χ4n) is 3.70. The van der Waals surface area contributed by atoms with Gasteiger partial charge in [0.2, 0.25) is 5.88 Å². The van der Waals surface area contributed by atoms with Gasteiger partial charge in [-0.15, -0.1) is 0 Å². The molecule has 176 valence electrons. The maximum Gasteiger partial charge on any atom is 0.417 e. The van der Waals surface area contributed by atoms with E-state index >= 15 is 0 Å². The summed E-state index contributed by atoms with van der Waals surface area (Å²) in [5, 5.41) is 2.95. The molecule has 0 bridgehead atoms. The van der Waals surface area contributed by atoms with Crippen molar-refractivity contribution in [2.24, 2.45) is 5.73 Å². The number of amides is 1. The molecule has 4 rings (SSSR count). The first kappa shape index (κ1) is 23.4. The Morgan fingerprint density at radius 1 is 1.15 bits per heavy atom. The number of hydrogen-bond acceptors (Lipinski definition) is 6. The summed E-state index contributed by atoms with van der Waals surface area (Å²) in [6, 6.07) is 8.93. The zero-order valence-corrected chi connectivity index (χ0v) is 18.0. The number of nitrogens with zero attached hydrogens (tertiary/aromatic N) is 3. The summed E-state index contributed by atoms with van der Waals surface area (Å²) in [6.07, 6.45) is 4.67. The van der Waals surface area contributed by atoms with E-state index in [-0.39, 0.29) is 29.6 Å². The molecule has 3 N–H and O–H groups in total. The zero-order chi connectivity index (χ0) is 24.1. The monoisotopic (exact) mass is 469 g/mol. The third-order valence-electron chi connectivity index (χ3n) is 5.42. The summed E-state index contributed by atoms with van der Waals surface area (Å²) in [6.45, 7) is 0. The summed E-state index contributed by atoms with van der Waals surface area (Å²) in [4.78, 5) is 23.9. The molecule has 0 saturated heterocycles. The van der Waals surface area contributed by atoms with Crippen molar-refractivity contribution in [3.8, 4) is 11.6 Å². The molecule has 1 fully saturated rings. The third-order valence-corrected chi connectivity index (χ3v) is 5.42. The van der Waals surface area contributed by atoms with Gasteiger partial charge >= 0.3 is 6.18 Å². The van der Waals surface area contributed by atoms with Crippen LogP contribution in [0.1, 0.15) is 40.9 Å². The average Bonchev–Trinajstić information content (AvgIpc) is 2.81. The van der Waals surface area contributed by atoms with E-state index in [4.69, 9.17) is 10.5 Å². The molecule has 2 aromatic heterocycles. The van der Waals surface area contributed by atoms with E-state index in [0.29, 0.717) is 18.6 Å². The van der Waals surface area contributed by atoms with Crippen LogP contribution in [0, 0.1) is 0 Å². The number of benzene rings is 1. The standard InChI is InChI=1S/C24H22F3N5O2/c25-24(26,27)17-5-7-22(31-13-17)34-19-3-1-2-15(11-19)10-16-4-6-18(12-20(16)28)32-23(33)21-14-29-8-9-30-21/h1-3,5,7-11,13-14,18,20H,4,6,12,28H2,(H,32,33)/b16-10+. The van der Waals surface area contributed by atoms with Crippen LogP contribution >= 0.6 is 0 Å². The second-order valence-electron chi connectivity index (χ2n) is 7.92. The van der Waals surface area contributed by atoms with E-state index < -0.39 is 11.7 Å². The van der Waals surface area contributed by atoms with Gasteiger partial charge in [0.15, 0.2) is 0 Å². The molecule has 0 aliphatic heterocycles. The summed E-state index contributed by atoms with van der Waals surface area (Å²) in [5.74, 6) is 0.230. The van der Waals surface area contributed by atoms with Gasteiger partial charge in [0, 0.05) is 36.7 Å². The van der Waals surface area contributed by atoms with Crippen LogP contribution in [0.4, 0.5) is 13.2 Å². The predicted octanol–water partition coefficient (Wildman–Crippen LogP) is 4.38. The third kappa shape index (κ3) is 5.96. The summed E-state index contributed by atoms with van der Waals surface area (Å²) >= 11 is 0. The van der Waals surface area contributed by atoms with Crippen molar-refractivity contribution in [2.75, 3.05) is 0 Å². The lowest BCUT2D eigenvalue weighted by Gasteiger charge is -2.30. The van der Waals surface area contributed by atoms with Crippen LogP contribution in [-0.2, 0) is 6.18 Å². The lowest BCUT2D eigenvalue weighted by Crippen LogP contribution is -2.43. The highest BCUT2D eigenvalue weighted by atomic mass is 19.4. The highest BCUT2D eigenvalue weighted by Crippen LogP contribution is 2.31. The Bertz CT molecular complexity index is 1170. The quantitative estimate of drug-likeness (QED) is 0.575. The largest absolute Gasteiger partial charge is 0.439 e. The first-order chi connectivity index (χ1) is 16.3. The minimum absolute atomic E-state index is 0.0638. The normalized spacial score (nSPS) is 19.6. The predicted molar refractivity (Wildman–Crippen MR) is 119 cm³/mol. The van der Waals surface area contributed by atoms with Gasteiger partial charge in [0.1, 0.15) is 11.4 Å². The number of carbonyl (C=O) groups is 1. The summed E-state index contributed by atoms with van der Waals surface area (Å²) in [5.41, 5.74) is 7.67. The molecule has 34 heavy (non-hydrogen) atoms. The molecule has 2 atom stereocenters. The molecule has 2 unspecified atom stereocenters. The van der Waals surface area contributed by atoms with Crippen LogP contribution in [0.5, 0.6) is 11.6 Å². The Morgan fingerprint density at radius 3 is 2.68 bits per heavy atom. The molecule has 0 radical (unpaired) electrons. The molecule has 10 heteroatoms. The first-order valence-electron chi connectivity index (χ1n) is 10.6. The van der Waals surface area contributed by atoms with Crippen molar-refractivity contribution in [3.63, 3.8) is 0 Å². The van der Waals surface area contributed by atoms with Gasteiger partial charge in [0.05, 0.1) is 11.8 Å². The van der Waals surface area contributed by atoms with Crippen molar-refractivity contribution in [2.45, 2.75) is 37.5 Å². The number of ether oxygens (including phenoxy) is 1. The van der Waals surface area contributed by atoms with Gasteiger partial charge in [-0.3, -0.25) is 9.78 Å². The highest BCUT2D eigenvalue weighted by Gasteiger charge is 2.30. The van der Waals surface area contributed by atoms with Gasteiger partial charge < -0.3 is 15.8 Å². The van der Waals surface area contributed by atoms with Crippen LogP contribution in [-0.4, -0.2) is 32.9 Å². The van der Waals surface area contributed by atoms with E-state index in [9.17, 15) is 18.0 Å². The summed E-state index contributed by atoms with van der Waals surface area (Å²) < 4.78 is 43.7. The molecule has 1 saturated carbocycles. The number of alkyl halides is 3. The van der Waals surface area contributed by atoms with Crippen LogP contribution in [0.25, 0.3) is 6.08 Å². The van der Waals surface area contributed by atoms with Gasteiger partial charge in [-0.1, -0.05) is 23.8 Å². The van der Waals surface area contributed by atoms with Crippen LogP contribution in [0.3, 0.4) is 0 Å². The minimum Gasteiger partial charge on any atom is -0.439 e. The summed E-state index contributed by atoms with van der Waals surface area (Å²) in [7, 11) is 0. The van der Waals surface area contributed by atoms with E-state index in [1.54, 1.807) is 18.2 Å². The van der Waals surface area contributed by atoms with Crippen molar-refractivity contribution in [1.29, 1.82) is 0 Å². The van der Waals surface area contributed by atoms with E-state index in [1.807, 2.05) is 12.1 Å². The minimum atomic E-state index is -4.45. The Balaban J connectivity index is 1.38. The highest BCUT2D eigenvalue weighted by molar-refractivity contribution is 5.92. The Labute approximate surface area is 193 Å². The number of aromatic nitrogens is 3. The Morgan fingerprint density at radius 2 is 2.00 bits per heavy atom. The van der Waals surface area contributed by atoms with Crippen molar-refractivity contribution in [3.05, 3.63) is 83.6 Å². The number of nitrogens with one attached hydrogen (secondary N) is 1. The molecule has 1 amide bonds. The lowest BCUT2D eigenvalue weighted by molar-refractivity contribution is -0.137. The topological polar surface area (TPSA) is 103 Å². The number of hydrogen-bond donors (Lipinski definition) is 2. The zero-order valence-electron chi connectivity index (χ0n) is 18.0. The van der Waals surface area contributed by atoms with Crippen LogP contribution in [0.2, 0.25) is 0 Å². The average molecular weight is 469 g/mol. The lowest BCUT2D eigenvalue weighted by atomic mass is 9.86. The Kier molecular flexibility index (Phi) is 6.87. The molecule has 3 aromatic rings. The van der Waals surface area contributed by atoms with E-state index in [0.717, 1.165) is 29.8 Å². The maximum atomic E-state index is 12.7. The fraction of sp³-hybridized carbons (Fsp3) is 0.250. The molecular formula is C24H22F3N5O2. The molecule has 1 aromatic carbocycles. The molecule has 2 heterocycles. The number of halogens is 3. The SMILES string of the molecule is NC1CC(NC(=O)c2cnccn2)CC/C1=C\c1cccc(Oc2ccc(C(F)(F)F)cn2)c1. The second-order valence-corrected chi connectivity index (χ2v) is 7.92. The molecule has 0 spiro atoms. The molecule has 1 aliphatic carbocycles. The molecule has 1 aliphatic rings. The van der Waals surface area contributed by atoms with Crippen molar-refractivity contribution >= 4 is 12.0 Å². The first-order valence-corrected chi connectivity index (χ1v) is 10.6. The van der Waals surface area contributed by atoms with E-state index in [2.05, 4.69) is 20.3 Å². The van der Waals surface area contributed by atoms with Gasteiger partial charge in [-0.2, -0.15) is 13.2 Å². The van der Waals surface area contributed by atoms with Crippen LogP contribution in [0.15, 0.2) is 66.8 Å². The second kappa shape index (κ2) is 10.0. The van der Waals surface area contributed by atoms with Gasteiger partial charge in [-0.05, 0) is 43.0 Å². The molecule has 7 nitrogen and oxygen atoms in total. The smallest absolute Gasteiger partial charge is 0.417 e. The number of pyridine rings is 1. The maximum absolute atomic E-state index is 12.7. The van der Waals surface area contributed by atoms with Gasteiger partial charge in [0.25, 0.3) is 5.91 Å². The van der Waals surface area contributed by atoms with E-state index in [1.165, 1.54) is 24.7 Å². The Hall–Kier alpha value is -3.79. The fourth-order valence-corrected chi connectivity index (χ4v) is 3.70. The van der Waals surface area contributed by atoms with Gasteiger partial charge in [-0.25, -0.2) is 9.97 Å². The van der Waals surface area contributed by atoms with Crippen LogP contribution < -0.4 is 15.8 Å². The number of carbonyl (C=O) groups excluding carboxylic acids is 1. The molecular weight excluding hydrogens is 447 g/mol.